The number of carbonyl (C=O) groups is 1. The zero-order valence-corrected chi connectivity index (χ0v) is 8.76. The third kappa shape index (κ3) is 1.99. The molecule has 1 N–H and O–H groups in total. The average molecular weight is 215 g/mol. The zero-order valence-electron chi connectivity index (χ0n) is 8.00. The number of rotatable bonds is 3. The zero-order chi connectivity index (χ0) is 10.7. The van der Waals surface area contributed by atoms with E-state index in [1.54, 1.807) is 13.0 Å². The lowest BCUT2D eigenvalue weighted by atomic mass is 10.1. The van der Waals surface area contributed by atoms with Crippen molar-refractivity contribution in [2.75, 3.05) is 6.61 Å². The van der Waals surface area contributed by atoms with Crippen LogP contribution < -0.4 is 4.74 Å². The van der Waals surface area contributed by atoms with Crippen LogP contribution in [0.25, 0.3) is 0 Å². The molecule has 0 spiro atoms. The number of ether oxygens (including phenoxy) is 1. The minimum Gasteiger partial charge on any atom is -0.505 e. The lowest BCUT2D eigenvalue weighted by molar-refractivity contribution is 0.101. The van der Waals surface area contributed by atoms with E-state index in [2.05, 4.69) is 0 Å². The van der Waals surface area contributed by atoms with Crippen molar-refractivity contribution in [1.82, 2.24) is 0 Å². The standard InChI is InChI=1S/C10H11ClO3/c1-3-14-8-5-4-7(11)10(13)9(8)6(2)12/h4-5,13H,3H2,1-2H3. The smallest absolute Gasteiger partial charge is 0.167 e. The third-order valence-electron chi connectivity index (χ3n) is 1.74. The number of aromatic hydroxyl groups is 1. The van der Waals surface area contributed by atoms with Crippen molar-refractivity contribution < 1.29 is 14.6 Å². The Morgan fingerprint density at radius 1 is 1.57 bits per heavy atom. The molecular weight excluding hydrogens is 204 g/mol. The average Bonchev–Trinajstić information content (AvgIpc) is 2.11. The van der Waals surface area contributed by atoms with Crippen LogP contribution in [-0.4, -0.2) is 17.5 Å². The lowest BCUT2D eigenvalue weighted by Gasteiger charge is -2.10. The van der Waals surface area contributed by atoms with Gasteiger partial charge in [-0.1, -0.05) is 11.6 Å². The van der Waals surface area contributed by atoms with Gasteiger partial charge in [0.05, 0.1) is 11.6 Å². The number of phenols is 1. The van der Waals surface area contributed by atoms with Crippen LogP contribution in [0.4, 0.5) is 0 Å². The Hall–Kier alpha value is -1.22. The molecule has 14 heavy (non-hydrogen) atoms. The summed E-state index contributed by atoms with van der Waals surface area (Å²) in [7, 11) is 0. The second kappa shape index (κ2) is 4.33. The maximum absolute atomic E-state index is 11.2. The first kappa shape index (κ1) is 10.9. The fourth-order valence-corrected chi connectivity index (χ4v) is 1.32. The number of hydrogen-bond donors (Lipinski definition) is 1. The van der Waals surface area contributed by atoms with Crippen molar-refractivity contribution in [2.24, 2.45) is 0 Å². The first-order valence-electron chi connectivity index (χ1n) is 4.23. The van der Waals surface area contributed by atoms with Gasteiger partial charge in [0.2, 0.25) is 0 Å². The van der Waals surface area contributed by atoms with Crippen molar-refractivity contribution in [3.05, 3.63) is 22.7 Å². The fourth-order valence-electron chi connectivity index (χ4n) is 1.16. The number of phenolic OH excluding ortho intramolecular Hbond substituents is 1. The van der Waals surface area contributed by atoms with Gasteiger partial charge in [0.15, 0.2) is 5.78 Å². The van der Waals surface area contributed by atoms with Gasteiger partial charge in [-0.15, -0.1) is 0 Å². The van der Waals surface area contributed by atoms with Crippen molar-refractivity contribution in [3.8, 4) is 11.5 Å². The predicted octanol–water partition coefficient (Wildman–Crippen LogP) is 2.65. The van der Waals surface area contributed by atoms with E-state index < -0.39 is 0 Å². The van der Waals surface area contributed by atoms with E-state index in [-0.39, 0.29) is 22.1 Å². The Labute approximate surface area is 87.3 Å². The molecule has 0 atom stereocenters. The third-order valence-corrected chi connectivity index (χ3v) is 2.05. The topological polar surface area (TPSA) is 46.5 Å². The number of ketones is 1. The SMILES string of the molecule is CCOc1ccc(Cl)c(O)c1C(C)=O. The van der Waals surface area contributed by atoms with Gasteiger partial charge in [-0.05, 0) is 26.0 Å². The first-order chi connectivity index (χ1) is 6.57. The highest BCUT2D eigenvalue weighted by Gasteiger charge is 2.16. The number of halogens is 1. The van der Waals surface area contributed by atoms with Crippen LogP contribution in [-0.2, 0) is 0 Å². The van der Waals surface area contributed by atoms with E-state index in [0.29, 0.717) is 12.4 Å². The summed E-state index contributed by atoms with van der Waals surface area (Å²) in [5.41, 5.74) is 0.138. The molecule has 0 heterocycles. The largest absolute Gasteiger partial charge is 0.505 e. The molecule has 0 aliphatic carbocycles. The van der Waals surface area contributed by atoms with E-state index >= 15 is 0 Å². The van der Waals surface area contributed by atoms with Crippen LogP contribution in [0.3, 0.4) is 0 Å². The Balaban J connectivity index is 3.30. The highest BCUT2D eigenvalue weighted by molar-refractivity contribution is 6.32. The van der Waals surface area contributed by atoms with E-state index in [1.165, 1.54) is 13.0 Å². The molecule has 0 bridgehead atoms. The summed E-state index contributed by atoms with van der Waals surface area (Å²) in [5, 5.41) is 9.69. The Bertz CT molecular complexity index is 361. The fraction of sp³-hybridized carbons (Fsp3) is 0.300. The monoisotopic (exact) mass is 214 g/mol. The minimum absolute atomic E-state index is 0.138. The van der Waals surface area contributed by atoms with E-state index in [9.17, 15) is 9.90 Å². The van der Waals surface area contributed by atoms with Crippen LogP contribution >= 0.6 is 11.6 Å². The highest BCUT2D eigenvalue weighted by atomic mass is 35.5. The van der Waals surface area contributed by atoms with E-state index in [1.807, 2.05) is 0 Å². The number of Topliss-reactive ketones (excluding diaryl/α,β-unsaturated/α-hetero) is 1. The second-order valence-electron chi connectivity index (χ2n) is 2.76. The molecule has 76 valence electrons. The van der Waals surface area contributed by atoms with E-state index in [4.69, 9.17) is 16.3 Å². The summed E-state index contributed by atoms with van der Waals surface area (Å²) in [6.07, 6.45) is 0. The van der Waals surface area contributed by atoms with Gasteiger partial charge in [0.25, 0.3) is 0 Å². The van der Waals surface area contributed by atoms with Crippen LogP contribution in [0.2, 0.25) is 5.02 Å². The summed E-state index contributed by atoms with van der Waals surface area (Å²) in [4.78, 5) is 11.2. The maximum Gasteiger partial charge on any atom is 0.167 e. The molecule has 0 amide bonds. The Kier molecular flexibility index (Phi) is 3.36. The molecule has 3 nitrogen and oxygen atoms in total. The van der Waals surface area contributed by atoms with Crippen LogP contribution in [0.1, 0.15) is 24.2 Å². The molecule has 0 radical (unpaired) electrons. The van der Waals surface area contributed by atoms with Gasteiger partial charge in [0.1, 0.15) is 17.1 Å². The maximum atomic E-state index is 11.2. The van der Waals surface area contributed by atoms with Gasteiger partial charge >= 0.3 is 0 Å². The quantitative estimate of drug-likeness (QED) is 0.787. The molecule has 0 saturated carbocycles. The normalized spacial score (nSPS) is 9.93. The summed E-state index contributed by atoms with van der Waals surface area (Å²) >= 11 is 5.67. The summed E-state index contributed by atoms with van der Waals surface area (Å²) < 4.78 is 5.19. The van der Waals surface area contributed by atoms with Crippen LogP contribution in [0.15, 0.2) is 12.1 Å². The summed E-state index contributed by atoms with van der Waals surface area (Å²) in [6.45, 7) is 3.59. The van der Waals surface area contributed by atoms with Gasteiger partial charge < -0.3 is 9.84 Å². The number of hydrogen-bond acceptors (Lipinski definition) is 3. The highest BCUT2D eigenvalue weighted by Crippen LogP contribution is 2.34. The first-order valence-corrected chi connectivity index (χ1v) is 4.61. The molecule has 1 rings (SSSR count). The lowest BCUT2D eigenvalue weighted by Crippen LogP contribution is -2.01. The summed E-state index contributed by atoms with van der Waals surface area (Å²) in [6, 6.07) is 3.07. The van der Waals surface area contributed by atoms with Crippen LogP contribution in [0.5, 0.6) is 11.5 Å². The molecule has 1 aromatic rings. The second-order valence-corrected chi connectivity index (χ2v) is 3.17. The molecule has 1 aromatic carbocycles. The Morgan fingerprint density at radius 3 is 2.71 bits per heavy atom. The molecule has 0 aromatic heterocycles. The molecule has 0 unspecified atom stereocenters. The Morgan fingerprint density at radius 2 is 2.21 bits per heavy atom. The summed E-state index contributed by atoms with van der Waals surface area (Å²) in [5.74, 6) is -0.125. The van der Waals surface area contributed by atoms with Gasteiger partial charge in [-0.25, -0.2) is 0 Å². The molecule has 0 fully saturated rings. The van der Waals surface area contributed by atoms with Gasteiger partial charge in [0, 0.05) is 0 Å². The van der Waals surface area contributed by atoms with Crippen molar-refractivity contribution >= 4 is 17.4 Å². The van der Waals surface area contributed by atoms with E-state index in [0.717, 1.165) is 0 Å². The number of benzene rings is 1. The molecular formula is C10H11ClO3. The molecule has 0 aliphatic rings. The van der Waals surface area contributed by atoms with Crippen molar-refractivity contribution in [1.29, 1.82) is 0 Å². The molecule has 0 saturated heterocycles. The predicted molar refractivity (Wildman–Crippen MR) is 54.3 cm³/mol. The molecule has 4 heteroatoms. The van der Waals surface area contributed by atoms with Gasteiger partial charge in [-0.3, -0.25) is 4.79 Å². The van der Waals surface area contributed by atoms with Gasteiger partial charge in [-0.2, -0.15) is 0 Å². The minimum atomic E-state index is -0.270. The van der Waals surface area contributed by atoms with Crippen molar-refractivity contribution in [2.45, 2.75) is 13.8 Å². The van der Waals surface area contributed by atoms with Crippen LogP contribution in [0, 0.1) is 0 Å². The van der Waals surface area contributed by atoms with Crippen molar-refractivity contribution in [3.63, 3.8) is 0 Å². The molecule has 0 aliphatic heterocycles. The number of carbonyl (C=O) groups excluding carboxylic acids is 1.